The lowest BCUT2D eigenvalue weighted by Gasteiger charge is -2.21. The van der Waals surface area contributed by atoms with Crippen LogP contribution in [-0.2, 0) is 65.4 Å². The number of unbranched alkanes of at least 4 members (excludes halogenated alkanes) is 41. The molecule has 0 aromatic carbocycles. The van der Waals surface area contributed by atoms with E-state index in [0.29, 0.717) is 25.7 Å². The van der Waals surface area contributed by atoms with E-state index in [0.717, 1.165) is 133 Å². The predicted octanol–water partition coefficient (Wildman–Crippen LogP) is 24.1. The van der Waals surface area contributed by atoms with Crippen LogP contribution in [0.5, 0.6) is 0 Å². The van der Waals surface area contributed by atoms with Gasteiger partial charge in [0.15, 0.2) is 12.2 Å². The van der Waals surface area contributed by atoms with Crippen LogP contribution in [0.15, 0.2) is 24.3 Å². The number of hydrogen-bond acceptors (Lipinski definition) is 15. The van der Waals surface area contributed by atoms with Crippen molar-refractivity contribution in [3.63, 3.8) is 0 Å². The molecule has 0 fully saturated rings. The van der Waals surface area contributed by atoms with E-state index in [4.69, 9.17) is 37.0 Å². The highest BCUT2D eigenvalue weighted by Crippen LogP contribution is 2.45. The maximum absolute atomic E-state index is 13.1. The van der Waals surface area contributed by atoms with Crippen LogP contribution < -0.4 is 0 Å². The number of rotatable bonds is 78. The smallest absolute Gasteiger partial charge is 0.462 e. The minimum atomic E-state index is -4.97. The third-order valence-electron chi connectivity index (χ3n) is 19.2. The molecule has 0 heterocycles. The molecule has 596 valence electrons. The lowest BCUT2D eigenvalue weighted by atomic mass is 9.99. The van der Waals surface area contributed by atoms with E-state index in [-0.39, 0.29) is 25.7 Å². The van der Waals surface area contributed by atoms with Gasteiger partial charge in [0.05, 0.1) is 26.4 Å². The lowest BCUT2D eigenvalue weighted by Crippen LogP contribution is -2.30. The van der Waals surface area contributed by atoms with Gasteiger partial charge in [-0.3, -0.25) is 37.3 Å². The fourth-order valence-electron chi connectivity index (χ4n) is 12.1. The van der Waals surface area contributed by atoms with Gasteiger partial charge in [0.1, 0.15) is 19.3 Å². The molecule has 4 unspecified atom stereocenters. The second-order valence-corrected chi connectivity index (χ2v) is 32.7. The molecule has 3 N–H and O–H groups in total. The third kappa shape index (κ3) is 72.9. The summed E-state index contributed by atoms with van der Waals surface area (Å²) in [6.07, 6.45) is 63.3. The van der Waals surface area contributed by atoms with Crippen molar-refractivity contribution in [1.82, 2.24) is 0 Å². The van der Waals surface area contributed by atoms with Crippen LogP contribution in [-0.4, -0.2) is 96.7 Å². The third-order valence-corrected chi connectivity index (χ3v) is 21.1. The number of aliphatic hydroxyl groups excluding tert-OH is 1. The normalized spacial score (nSPS) is 14.6. The van der Waals surface area contributed by atoms with E-state index in [9.17, 15) is 43.2 Å². The average molecular weight is 1480 g/mol. The Balaban J connectivity index is 5.23. The Hall–Kier alpha value is -2.46. The van der Waals surface area contributed by atoms with Crippen molar-refractivity contribution < 1.29 is 80.2 Å². The summed E-state index contributed by atoms with van der Waals surface area (Å²) >= 11 is 0. The second-order valence-electron chi connectivity index (χ2n) is 29.8. The van der Waals surface area contributed by atoms with Gasteiger partial charge in [-0.15, -0.1) is 0 Å². The van der Waals surface area contributed by atoms with Gasteiger partial charge in [-0.25, -0.2) is 9.13 Å². The summed E-state index contributed by atoms with van der Waals surface area (Å²) in [7, 11) is -9.93. The molecule has 101 heavy (non-hydrogen) atoms. The van der Waals surface area contributed by atoms with E-state index in [2.05, 4.69) is 72.8 Å². The van der Waals surface area contributed by atoms with Gasteiger partial charge in [-0.2, -0.15) is 0 Å². The summed E-state index contributed by atoms with van der Waals surface area (Å²) < 4.78 is 68.7. The maximum atomic E-state index is 13.1. The van der Waals surface area contributed by atoms with Crippen molar-refractivity contribution in [2.75, 3.05) is 39.6 Å². The maximum Gasteiger partial charge on any atom is 0.472 e. The molecular formula is C82H156O17P2. The van der Waals surface area contributed by atoms with Crippen LogP contribution in [0.25, 0.3) is 0 Å². The molecule has 0 aliphatic rings. The first kappa shape index (κ1) is 98.5. The van der Waals surface area contributed by atoms with Crippen molar-refractivity contribution >= 4 is 39.5 Å². The minimum absolute atomic E-state index is 0.0994. The molecule has 0 bridgehead atoms. The van der Waals surface area contributed by atoms with Crippen molar-refractivity contribution in [2.45, 2.75) is 420 Å². The van der Waals surface area contributed by atoms with E-state index in [1.165, 1.54) is 186 Å². The summed E-state index contributed by atoms with van der Waals surface area (Å²) in [5.74, 6) is 0.219. The van der Waals surface area contributed by atoms with Gasteiger partial charge in [0, 0.05) is 25.7 Å². The number of allylic oxidation sites excluding steroid dienone is 4. The molecule has 0 aromatic rings. The van der Waals surface area contributed by atoms with Crippen molar-refractivity contribution in [3.05, 3.63) is 24.3 Å². The van der Waals surface area contributed by atoms with Crippen LogP contribution in [0.1, 0.15) is 402 Å². The fraction of sp³-hybridized carbons (Fsp3) is 0.902. The van der Waals surface area contributed by atoms with Crippen molar-refractivity contribution in [1.29, 1.82) is 0 Å². The number of esters is 4. The number of hydrogen-bond donors (Lipinski definition) is 3. The predicted molar refractivity (Wildman–Crippen MR) is 414 cm³/mol. The highest BCUT2D eigenvalue weighted by Gasteiger charge is 2.30. The molecular weight excluding hydrogens is 1320 g/mol. The van der Waals surface area contributed by atoms with Gasteiger partial charge in [0.25, 0.3) is 0 Å². The summed E-state index contributed by atoms with van der Waals surface area (Å²) in [5.41, 5.74) is 0. The highest BCUT2D eigenvalue weighted by atomic mass is 31.2. The SMILES string of the molecule is CCCCCC/C=C\C=C/CCCCCCCC(=O)OC[C@H](COP(=O)(O)OC[C@@H](O)COP(=O)(O)OC[C@@H](COC(=O)CCCCCCCCC(C)CC)OC(=O)CCCCCCCCCCCCCCCCCCCCC(C)CC)OC(=O)CCCCCCCCCCCCCC(C)C. The number of aliphatic hydroxyl groups is 1. The summed E-state index contributed by atoms with van der Waals surface area (Å²) in [6, 6.07) is 0. The zero-order valence-corrected chi connectivity index (χ0v) is 67.6. The molecule has 0 aliphatic heterocycles. The molecule has 7 atom stereocenters. The Morgan fingerprint density at radius 3 is 0.881 bits per heavy atom. The number of phosphoric ester groups is 2. The van der Waals surface area contributed by atoms with Gasteiger partial charge < -0.3 is 33.8 Å². The molecule has 0 radical (unpaired) electrons. The van der Waals surface area contributed by atoms with E-state index in [1.54, 1.807) is 0 Å². The first-order valence-electron chi connectivity index (χ1n) is 41.7. The van der Waals surface area contributed by atoms with Crippen LogP contribution >= 0.6 is 15.6 Å². The Labute approximate surface area is 618 Å². The number of carbonyl (C=O) groups is 4. The van der Waals surface area contributed by atoms with Gasteiger partial charge in [-0.1, -0.05) is 349 Å². The molecule has 19 heteroatoms. The Morgan fingerprint density at radius 2 is 0.584 bits per heavy atom. The number of carbonyl (C=O) groups excluding carboxylic acids is 4. The minimum Gasteiger partial charge on any atom is -0.462 e. The summed E-state index contributed by atoms with van der Waals surface area (Å²) in [5, 5.41) is 10.6. The fourth-order valence-corrected chi connectivity index (χ4v) is 13.6. The first-order chi connectivity index (χ1) is 48.8. The average Bonchev–Trinajstić information content (AvgIpc) is 0.915. The molecule has 0 spiro atoms. The quantitative estimate of drug-likeness (QED) is 0.0169. The van der Waals surface area contributed by atoms with Crippen molar-refractivity contribution in [2.24, 2.45) is 17.8 Å². The van der Waals surface area contributed by atoms with Gasteiger partial charge in [0.2, 0.25) is 0 Å². The second kappa shape index (κ2) is 71.8. The van der Waals surface area contributed by atoms with Crippen LogP contribution in [0.3, 0.4) is 0 Å². The lowest BCUT2D eigenvalue weighted by molar-refractivity contribution is -0.161. The monoisotopic (exact) mass is 1480 g/mol. The van der Waals surface area contributed by atoms with Gasteiger partial charge in [-0.05, 0) is 69.1 Å². The first-order valence-corrected chi connectivity index (χ1v) is 44.7. The zero-order chi connectivity index (χ0) is 74.4. The highest BCUT2D eigenvalue weighted by molar-refractivity contribution is 7.47. The molecule has 0 aliphatic carbocycles. The van der Waals surface area contributed by atoms with E-state index in [1.807, 2.05) is 0 Å². The van der Waals surface area contributed by atoms with Crippen LogP contribution in [0.4, 0.5) is 0 Å². The molecule has 0 saturated heterocycles. The number of ether oxygens (including phenoxy) is 4. The van der Waals surface area contributed by atoms with E-state index >= 15 is 0 Å². The number of phosphoric acid groups is 2. The largest absolute Gasteiger partial charge is 0.472 e. The molecule has 0 aromatic heterocycles. The summed E-state index contributed by atoms with van der Waals surface area (Å²) in [4.78, 5) is 73.0. The van der Waals surface area contributed by atoms with Crippen LogP contribution in [0, 0.1) is 17.8 Å². The standard InChI is InChI=1S/C82H156O17P2/c1-8-11-12-13-14-15-16-17-22-26-31-36-41-49-56-63-79(84)92-69-77(98-82(87)66-59-52-43-38-33-28-29-34-39-46-53-60-73(4)5)71-96-100(88,89)94-67-76(83)68-95-101(90,91)97-72-78(70-93-80(85)64-57-50-45-44-48-55-62-75(7)10-3)99-81(86)65-58-51-42-37-32-27-24-21-19-18-20-23-25-30-35-40-47-54-61-74(6)9-2/h15-17,22,73-78,83H,8-14,18-21,23-72H2,1-7H3,(H,88,89)(H,90,91)/b16-15-,22-17-/t74?,75?,76-,77-,78-/m1/s1. The molecule has 0 amide bonds. The topological polar surface area (TPSA) is 237 Å². The summed E-state index contributed by atoms with van der Waals surface area (Å²) in [6.45, 7) is 11.9. The van der Waals surface area contributed by atoms with Crippen molar-refractivity contribution in [3.8, 4) is 0 Å². The van der Waals surface area contributed by atoms with Crippen LogP contribution in [0.2, 0.25) is 0 Å². The Bertz CT molecular complexity index is 2060. The van der Waals surface area contributed by atoms with Gasteiger partial charge >= 0.3 is 39.5 Å². The van der Waals surface area contributed by atoms with E-state index < -0.39 is 97.5 Å². The Kier molecular flexibility index (Phi) is 70.0. The molecule has 17 nitrogen and oxygen atoms in total. The Morgan fingerprint density at radius 1 is 0.327 bits per heavy atom. The molecule has 0 rings (SSSR count). The zero-order valence-electron chi connectivity index (χ0n) is 65.9. The molecule has 0 saturated carbocycles.